The van der Waals surface area contributed by atoms with Crippen LogP contribution in [-0.2, 0) is 0 Å². The van der Waals surface area contributed by atoms with Gasteiger partial charge in [-0.15, -0.1) is 0 Å². The first-order valence-corrected chi connectivity index (χ1v) is 3.99. The minimum absolute atomic E-state index is 0.195. The number of carbonyl (C=O) groups is 1. The lowest BCUT2D eigenvalue weighted by Crippen LogP contribution is -2.24. The molecule has 0 saturated heterocycles. The lowest BCUT2D eigenvalue weighted by Gasteiger charge is -2.03. The molecule has 1 aromatic rings. The fourth-order valence-corrected chi connectivity index (χ4v) is 0.893. The summed E-state index contributed by atoms with van der Waals surface area (Å²) in [7, 11) is 0. The van der Waals surface area contributed by atoms with Crippen molar-refractivity contribution < 1.29 is 4.79 Å². The highest BCUT2D eigenvalue weighted by molar-refractivity contribution is 5.92. The van der Waals surface area contributed by atoms with E-state index in [4.69, 9.17) is 5.84 Å². The lowest BCUT2D eigenvalue weighted by atomic mass is 10.3. The molecule has 0 saturated carbocycles. The van der Waals surface area contributed by atoms with E-state index < -0.39 is 0 Å². The minimum Gasteiger partial charge on any atom is -0.351 e. The van der Waals surface area contributed by atoms with Gasteiger partial charge in [-0.05, 0) is 19.1 Å². The second-order valence-electron chi connectivity index (χ2n) is 2.41. The first kappa shape index (κ1) is 9.47. The van der Waals surface area contributed by atoms with Gasteiger partial charge >= 0.3 is 0 Å². The van der Waals surface area contributed by atoms with Crippen LogP contribution in [-0.4, -0.2) is 17.4 Å². The molecule has 0 spiro atoms. The molecule has 0 bridgehead atoms. The van der Waals surface area contributed by atoms with Crippen molar-refractivity contribution in [2.24, 2.45) is 5.84 Å². The summed E-state index contributed by atoms with van der Waals surface area (Å²) < 4.78 is 0. The summed E-state index contributed by atoms with van der Waals surface area (Å²) in [6, 6.07) is 5.03. The molecule has 70 valence electrons. The molecule has 5 nitrogen and oxygen atoms in total. The van der Waals surface area contributed by atoms with Crippen molar-refractivity contribution in [3.63, 3.8) is 0 Å². The number of nitrogens with zero attached hydrogens (tertiary/aromatic N) is 1. The number of hydrogen-bond donors (Lipinski definition) is 3. The molecule has 0 aromatic carbocycles. The van der Waals surface area contributed by atoms with Gasteiger partial charge < -0.3 is 10.7 Å². The number of nitrogens with one attached hydrogen (secondary N) is 2. The van der Waals surface area contributed by atoms with Gasteiger partial charge in [-0.3, -0.25) is 4.79 Å². The molecular formula is C8H12N4O. The average molecular weight is 180 g/mol. The Morgan fingerprint density at radius 1 is 1.62 bits per heavy atom. The van der Waals surface area contributed by atoms with E-state index in [0.717, 1.165) is 0 Å². The van der Waals surface area contributed by atoms with Gasteiger partial charge in [-0.2, -0.15) is 0 Å². The van der Waals surface area contributed by atoms with Crippen LogP contribution in [0.3, 0.4) is 0 Å². The van der Waals surface area contributed by atoms with E-state index in [1.807, 2.05) is 6.92 Å². The largest absolute Gasteiger partial charge is 0.351 e. The van der Waals surface area contributed by atoms with Crippen molar-refractivity contribution in [3.8, 4) is 0 Å². The standard InChI is InChI=1S/C8H12N4O/c1-2-10-8(13)6-4-3-5-7(11-6)12-9/h3-5H,2,9H2,1H3,(H,10,13)(H,11,12). The fraction of sp³-hybridized carbons (Fsp3) is 0.250. The summed E-state index contributed by atoms with van der Waals surface area (Å²) in [6.45, 7) is 2.43. The third-order valence-corrected chi connectivity index (χ3v) is 1.47. The van der Waals surface area contributed by atoms with Gasteiger partial charge in [0.2, 0.25) is 0 Å². The van der Waals surface area contributed by atoms with Gasteiger partial charge in [0.1, 0.15) is 11.5 Å². The molecule has 0 aliphatic heterocycles. The van der Waals surface area contributed by atoms with E-state index in [0.29, 0.717) is 18.1 Å². The second kappa shape index (κ2) is 4.42. The van der Waals surface area contributed by atoms with Crippen LogP contribution < -0.4 is 16.6 Å². The Balaban J connectivity index is 2.82. The highest BCUT2D eigenvalue weighted by Gasteiger charge is 2.05. The van der Waals surface area contributed by atoms with Crippen molar-refractivity contribution in [2.45, 2.75) is 6.92 Å². The molecule has 1 rings (SSSR count). The third kappa shape index (κ3) is 2.41. The Hall–Kier alpha value is -1.62. The summed E-state index contributed by atoms with van der Waals surface area (Å²) in [4.78, 5) is 15.2. The van der Waals surface area contributed by atoms with Gasteiger partial charge in [0.05, 0.1) is 0 Å². The van der Waals surface area contributed by atoms with Gasteiger partial charge in [0, 0.05) is 6.54 Å². The number of amides is 1. The monoisotopic (exact) mass is 180 g/mol. The Morgan fingerprint density at radius 3 is 3.00 bits per heavy atom. The average Bonchev–Trinajstić information content (AvgIpc) is 2.18. The van der Waals surface area contributed by atoms with E-state index in [-0.39, 0.29) is 5.91 Å². The van der Waals surface area contributed by atoms with Crippen molar-refractivity contribution in [2.75, 3.05) is 12.0 Å². The van der Waals surface area contributed by atoms with Gasteiger partial charge in [0.25, 0.3) is 5.91 Å². The van der Waals surface area contributed by atoms with Crippen LogP contribution >= 0.6 is 0 Å². The number of carbonyl (C=O) groups excluding carboxylic acids is 1. The number of pyridine rings is 1. The number of hydrazine groups is 1. The summed E-state index contributed by atoms with van der Waals surface area (Å²) in [6.07, 6.45) is 0. The van der Waals surface area contributed by atoms with Crippen LogP contribution in [0, 0.1) is 0 Å². The molecule has 1 amide bonds. The van der Waals surface area contributed by atoms with Crippen LogP contribution in [0.4, 0.5) is 5.82 Å². The number of rotatable bonds is 3. The van der Waals surface area contributed by atoms with Crippen LogP contribution in [0.25, 0.3) is 0 Å². The molecule has 1 heterocycles. The molecule has 0 radical (unpaired) electrons. The summed E-state index contributed by atoms with van der Waals surface area (Å²) in [5, 5.41) is 2.64. The number of hydrogen-bond acceptors (Lipinski definition) is 4. The van der Waals surface area contributed by atoms with E-state index in [1.54, 1.807) is 18.2 Å². The Bertz CT molecular complexity index is 300. The van der Waals surface area contributed by atoms with Crippen LogP contribution in [0.15, 0.2) is 18.2 Å². The molecule has 4 N–H and O–H groups in total. The minimum atomic E-state index is -0.195. The molecule has 5 heteroatoms. The van der Waals surface area contributed by atoms with Gasteiger partial charge in [-0.25, -0.2) is 10.8 Å². The molecule has 0 aliphatic rings. The molecule has 0 atom stereocenters. The Morgan fingerprint density at radius 2 is 2.38 bits per heavy atom. The molecular weight excluding hydrogens is 168 g/mol. The van der Waals surface area contributed by atoms with Crippen molar-refractivity contribution in [1.29, 1.82) is 0 Å². The molecule has 0 unspecified atom stereocenters. The highest BCUT2D eigenvalue weighted by atomic mass is 16.1. The number of nitrogen functional groups attached to an aromatic ring is 1. The van der Waals surface area contributed by atoms with Crippen molar-refractivity contribution >= 4 is 11.7 Å². The number of aromatic nitrogens is 1. The maximum absolute atomic E-state index is 11.3. The zero-order valence-corrected chi connectivity index (χ0v) is 7.37. The van der Waals surface area contributed by atoms with E-state index >= 15 is 0 Å². The van der Waals surface area contributed by atoms with E-state index in [9.17, 15) is 4.79 Å². The maximum atomic E-state index is 11.3. The fourth-order valence-electron chi connectivity index (χ4n) is 0.893. The summed E-state index contributed by atoms with van der Waals surface area (Å²) in [5.74, 6) is 5.43. The first-order valence-electron chi connectivity index (χ1n) is 3.99. The predicted molar refractivity (Wildman–Crippen MR) is 50.1 cm³/mol. The zero-order valence-electron chi connectivity index (χ0n) is 7.37. The quantitative estimate of drug-likeness (QED) is 0.456. The number of nitrogens with two attached hydrogens (primary N) is 1. The topological polar surface area (TPSA) is 80.0 Å². The predicted octanol–water partition coefficient (Wildman–Crippen LogP) is 0.117. The lowest BCUT2D eigenvalue weighted by molar-refractivity contribution is 0.0951. The van der Waals surface area contributed by atoms with Crippen molar-refractivity contribution in [1.82, 2.24) is 10.3 Å². The van der Waals surface area contributed by atoms with Gasteiger partial charge in [0.15, 0.2) is 0 Å². The smallest absolute Gasteiger partial charge is 0.269 e. The Kier molecular flexibility index (Phi) is 3.22. The number of anilines is 1. The third-order valence-electron chi connectivity index (χ3n) is 1.47. The van der Waals surface area contributed by atoms with Crippen LogP contribution in [0.2, 0.25) is 0 Å². The van der Waals surface area contributed by atoms with Crippen molar-refractivity contribution in [3.05, 3.63) is 23.9 Å². The molecule has 0 fully saturated rings. The summed E-state index contributed by atoms with van der Waals surface area (Å²) >= 11 is 0. The first-order chi connectivity index (χ1) is 6.27. The van der Waals surface area contributed by atoms with Gasteiger partial charge in [-0.1, -0.05) is 6.07 Å². The highest BCUT2D eigenvalue weighted by Crippen LogP contribution is 2.02. The zero-order chi connectivity index (χ0) is 9.68. The van der Waals surface area contributed by atoms with E-state index in [2.05, 4.69) is 15.7 Å². The van der Waals surface area contributed by atoms with Crippen LogP contribution in [0.1, 0.15) is 17.4 Å². The normalized spacial score (nSPS) is 9.38. The summed E-state index contributed by atoms with van der Waals surface area (Å²) in [5.41, 5.74) is 2.73. The van der Waals surface area contributed by atoms with Crippen LogP contribution in [0.5, 0.6) is 0 Å². The second-order valence-corrected chi connectivity index (χ2v) is 2.41. The molecule has 1 aromatic heterocycles. The molecule has 0 aliphatic carbocycles. The van der Waals surface area contributed by atoms with E-state index in [1.165, 1.54) is 0 Å². The molecule has 13 heavy (non-hydrogen) atoms. The maximum Gasteiger partial charge on any atom is 0.269 e. The SMILES string of the molecule is CCNC(=O)c1cccc(NN)n1. The Labute approximate surface area is 76.3 Å².